The smallest absolute Gasteiger partial charge is 0.0462 e. The molecule has 1 fully saturated rings. The second-order valence-electron chi connectivity index (χ2n) is 9.39. The maximum atomic E-state index is 5.13. The summed E-state index contributed by atoms with van der Waals surface area (Å²) >= 11 is 0. The molecule has 0 aromatic heterocycles. The third kappa shape index (κ3) is 17.3. The topological polar surface area (TPSA) is 21.7 Å². The zero-order valence-electron chi connectivity index (χ0n) is 20.1. The van der Waals surface area contributed by atoms with Crippen LogP contribution in [0.25, 0.3) is 0 Å². The summed E-state index contributed by atoms with van der Waals surface area (Å²) in [4.78, 5) is 2.75. The van der Waals surface area contributed by atoms with Gasteiger partial charge in [0.15, 0.2) is 0 Å². The molecule has 0 N–H and O–H groups in total. The van der Waals surface area contributed by atoms with E-state index < -0.39 is 0 Å². The fourth-order valence-electron chi connectivity index (χ4n) is 4.78. The van der Waals surface area contributed by atoms with Gasteiger partial charge in [-0.15, -0.1) is 0 Å². The molecule has 0 aliphatic carbocycles. The molecule has 3 heteroatoms. The lowest BCUT2D eigenvalue weighted by molar-refractivity contribution is 0.192. The molecule has 1 aliphatic rings. The van der Waals surface area contributed by atoms with E-state index in [4.69, 9.17) is 9.47 Å². The van der Waals surface area contributed by atoms with Crippen molar-refractivity contribution in [3.63, 3.8) is 0 Å². The highest BCUT2D eigenvalue weighted by molar-refractivity contribution is 4.71. The molecule has 0 aromatic carbocycles. The molecule has 0 radical (unpaired) electrons. The Morgan fingerprint density at radius 2 is 0.931 bits per heavy atom. The summed E-state index contributed by atoms with van der Waals surface area (Å²) in [5, 5.41) is 0. The van der Waals surface area contributed by atoms with Crippen LogP contribution in [0.2, 0.25) is 0 Å². The minimum Gasteiger partial charge on any atom is -0.385 e. The van der Waals surface area contributed by atoms with E-state index in [1.165, 1.54) is 135 Å². The standard InChI is InChI=1S/C26H53NO2/c1-28-23-17-11-7-3-5-9-13-19-26(25-27-21-15-16-22-27)20-14-10-6-4-8-12-18-24-29-2/h26H,3-25H2,1-2H3. The molecule has 29 heavy (non-hydrogen) atoms. The van der Waals surface area contributed by atoms with E-state index in [1.54, 1.807) is 0 Å². The molecular weight excluding hydrogens is 358 g/mol. The van der Waals surface area contributed by atoms with Crippen molar-refractivity contribution in [2.24, 2.45) is 5.92 Å². The summed E-state index contributed by atoms with van der Waals surface area (Å²) in [7, 11) is 3.62. The number of unbranched alkanes of at least 4 members (excludes halogenated alkanes) is 12. The summed E-state index contributed by atoms with van der Waals surface area (Å²) in [6.45, 7) is 5.98. The van der Waals surface area contributed by atoms with E-state index in [9.17, 15) is 0 Å². The number of likely N-dealkylation sites (tertiary alicyclic amines) is 1. The molecular formula is C26H53NO2. The molecule has 0 saturated carbocycles. The Morgan fingerprint density at radius 1 is 0.552 bits per heavy atom. The number of hydrogen-bond acceptors (Lipinski definition) is 3. The van der Waals surface area contributed by atoms with Crippen molar-refractivity contribution in [3.05, 3.63) is 0 Å². The van der Waals surface area contributed by atoms with E-state index >= 15 is 0 Å². The molecule has 0 unspecified atom stereocenters. The van der Waals surface area contributed by atoms with Gasteiger partial charge in [-0.1, -0.05) is 77.0 Å². The second-order valence-corrected chi connectivity index (χ2v) is 9.39. The molecule has 3 nitrogen and oxygen atoms in total. The molecule has 1 rings (SSSR count). The van der Waals surface area contributed by atoms with Crippen LogP contribution in [0.5, 0.6) is 0 Å². The van der Waals surface area contributed by atoms with Gasteiger partial charge in [-0.2, -0.15) is 0 Å². The second kappa shape index (κ2) is 21.1. The predicted molar refractivity (Wildman–Crippen MR) is 127 cm³/mol. The van der Waals surface area contributed by atoms with Crippen LogP contribution in [-0.2, 0) is 9.47 Å². The molecule has 1 saturated heterocycles. The van der Waals surface area contributed by atoms with Crippen molar-refractivity contribution < 1.29 is 9.47 Å². The molecule has 0 atom stereocenters. The van der Waals surface area contributed by atoms with Crippen molar-refractivity contribution in [1.29, 1.82) is 0 Å². The van der Waals surface area contributed by atoms with Crippen molar-refractivity contribution >= 4 is 0 Å². The van der Waals surface area contributed by atoms with Gasteiger partial charge >= 0.3 is 0 Å². The predicted octanol–water partition coefficient (Wildman–Crippen LogP) is 7.23. The third-order valence-corrected chi connectivity index (χ3v) is 6.64. The minimum atomic E-state index is 0.937. The van der Waals surface area contributed by atoms with Gasteiger partial charge in [0.1, 0.15) is 0 Å². The van der Waals surface area contributed by atoms with Crippen LogP contribution in [0.3, 0.4) is 0 Å². The third-order valence-electron chi connectivity index (χ3n) is 6.64. The van der Waals surface area contributed by atoms with Crippen LogP contribution >= 0.6 is 0 Å². The molecule has 174 valence electrons. The fraction of sp³-hybridized carbons (Fsp3) is 1.00. The zero-order valence-corrected chi connectivity index (χ0v) is 20.1. The van der Waals surface area contributed by atoms with Crippen LogP contribution in [0.4, 0.5) is 0 Å². The van der Waals surface area contributed by atoms with Crippen molar-refractivity contribution in [2.45, 2.75) is 116 Å². The lowest BCUT2D eigenvalue weighted by Gasteiger charge is -2.23. The van der Waals surface area contributed by atoms with Gasteiger partial charge in [0.25, 0.3) is 0 Å². The van der Waals surface area contributed by atoms with Crippen molar-refractivity contribution in [2.75, 3.05) is 47.1 Å². The molecule has 0 spiro atoms. The van der Waals surface area contributed by atoms with E-state index in [-0.39, 0.29) is 0 Å². The largest absolute Gasteiger partial charge is 0.385 e. The van der Waals surface area contributed by atoms with Crippen LogP contribution in [0.15, 0.2) is 0 Å². The summed E-state index contributed by atoms with van der Waals surface area (Å²) in [6.07, 6.45) is 25.3. The number of rotatable bonds is 22. The molecule has 0 bridgehead atoms. The van der Waals surface area contributed by atoms with Crippen LogP contribution in [0, 0.1) is 5.92 Å². The first-order valence-electron chi connectivity index (χ1n) is 13.1. The normalized spacial score (nSPS) is 15.0. The van der Waals surface area contributed by atoms with E-state index in [0.717, 1.165) is 19.1 Å². The number of methoxy groups -OCH3 is 2. The minimum absolute atomic E-state index is 0.937. The maximum Gasteiger partial charge on any atom is 0.0462 e. The molecule has 1 aliphatic heterocycles. The van der Waals surface area contributed by atoms with Crippen LogP contribution in [-0.4, -0.2) is 52.0 Å². The van der Waals surface area contributed by atoms with Crippen molar-refractivity contribution in [1.82, 2.24) is 4.90 Å². The van der Waals surface area contributed by atoms with E-state index in [1.807, 2.05) is 14.2 Å². The summed E-state index contributed by atoms with van der Waals surface area (Å²) in [5.74, 6) is 0.955. The molecule has 0 aromatic rings. The highest BCUT2D eigenvalue weighted by Crippen LogP contribution is 2.22. The number of ether oxygens (including phenoxy) is 2. The molecule has 0 amide bonds. The van der Waals surface area contributed by atoms with E-state index in [0.29, 0.717) is 0 Å². The van der Waals surface area contributed by atoms with Crippen LogP contribution < -0.4 is 0 Å². The average molecular weight is 412 g/mol. The fourth-order valence-corrected chi connectivity index (χ4v) is 4.78. The average Bonchev–Trinajstić information content (AvgIpc) is 3.24. The Hall–Kier alpha value is -0.120. The maximum absolute atomic E-state index is 5.13. The summed E-state index contributed by atoms with van der Waals surface area (Å²) < 4.78 is 10.3. The Morgan fingerprint density at radius 3 is 1.34 bits per heavy atom. The number of hydrogen-bond donors (Lipinski definition) is 0. The van der Waals surface area contributed by atoms with Gasteiger partial charge in [0.05, 0.1) is 0 Å². The monoisotopic (exact) mass is 411 g/mol. The zero-order chi connectivity index (χ0) is 20.8. The summed E-state index contributed by atoms with van der Waals surface area (Å²) in [5.41, 5.74) is 0. The Bertz CT molecular complexity index is 296. The van der Waals surface area contributed by atoms with Crippen molar-refractivity contribution in [3.8, 4) is 0 Å². The Kier molecular flexibility index (Phi) is 19.6. The van der Waals surface area contributed by atoms with Gasteiger partial charge in [-0.25, -0.2) is 0 Å². The van der Waals surface area contributed by atoms with Gasteiger partial charge in [0.2, 0.25) is 0 Å². The van der Waals surface area contributed by atoms with Gasteiger partial charge in [-0.05, 0) is 57.5 Å². The first-order chi connectivity index (χ1) is 14.4. The van der Waals surface area contributed by atoms with Gasteiger partial charge in [0, 0.05) is 34.0 Å². The number of nitrogens with zero attached hydrogens (tertiary/aromatic N) is 1. The van der Waals surface area contributed by atoms with Crippen LogP contribution in [0.1, 0.15) is 116 Å². The van der Waals surface area contributed by atoms with Gasteiger partial charge < -0.3 is 14.4 Å². The highest BCUT2D eigenvalue weighted by Gasteiger charge is 2.17. The lowest BCUT2D eigenvalue weighted by atomic mass is 9.93. The first kappa shape index (κ1) is 26.9. The lowest BCUT2D eigenvalue weighted by Crippen LogP contribution is -2.26. The SMILES string of the molecule is COCCCCCCCCCC(CCCCCCCCCOC)CN1CCCC1. The highest BCUT2D eigenvalue weighted by atomic mass is 16.5. The first-order valence-corrected chi connectivity index (χ1v) is 13.1. The van der Waals surface area contributed by atoms with Gasteiger partial charge in [-0.3, -0.25) is 0 Å². The molecule has 1 heterocycles. The van der Waals surface area contributed by atoms with E-state index in [2.05, 4.69) is 4.90 Å². The Balaban J connectivity index is 2.04. The Labute approximate surface area is 183 Å². The quantitative estimate of drug-likeness (QED) is 0.175. The summed E-state index contributed by atoms with van der Waals surface area (Å²) in [6, 6.07) is 0.